The molecule has 50 heavy (non-hydrogen) atoms. The van der Waals surface area contributed by atoms with Gasteiger partial charge >= 0.3 is 17.9 Å². The molecule has 2 aromatic carbocycles. The number of ether oxygens (including phenoxy) is 6. The summed E-state index contributed by atoms with van der Waals surface area (Å²) in [6.07, 6.45) is 16.9. The Hall–Kier alpha value is -4.99. The third kappa shape index (κ3) is 12.2. The van der Waals surface area contributed by atoms with Gasteiger partial charge in [0.15, 0.2) is 11.5 Å². The van der Waals surface area contributed by atoms with Crippen molar-refractivity contribution >= 4 is 23.7 Å². The Bertz CT molecular complexity index is 1580. The third-order valence-corrected chi connectivity index (χ3v) is 8.15. The minimum atomic E-state index is -1.06. The second-order valence-corrected chi connectivity index (χ2v) is 11.9. The van der Waals surface area contributed by atoms with Gasteiger partial charge in [-0.3, -0.25) is 9.59 Å². The first-order valence-corrected chi connectivity index (χ1v) is 17.5. The number of carbonyl (C=O) groups excluding carboxylic acids is 2. The number of carboxylic acid groups (broad SMARTS) is 1. The highest BCUT2D eigenvalue weighted by Gasteiger charge is 2.19. The molecule has 0 unspecified atom stereocenters. The van der Waals surface area contributed by atoms with Gasteiger partial charge in [0.25, 0.3) is 0 Å². The Morgan fingerprint density at radius 2 is 1.58 bits per heavy atom. The van der Waals surface area contributed by atoms with Crippen LogP contribution in [0.2, 0.25) is 0 Å². The number of hydrogen-bond donors (Lipinski definition) is 1. The average molecular weight is 689 g/mol. The maximum atomic E-state index is 12.1. The molecule has 10 heteroatoms. The maximum absolute atomic E-state index is 12.1. The van der Waals surface area contributed by atoms with E-state index in [1.54, 1.807) is 32.2 Å². The lowest BCUT2D eigenvalue weighted by Gasteiger charge is -2.20. The molecule has 0 fully saturated rings. The van der Waals surface area contributed by atoms with E-state index in [0.717, 1.165) is 67.4 Å². The van der Waals surface area contributed by atoms with Gasteiger partial charge in [0.05, 0.1) is 32.0 Å². The predicted molar refractivity (Wildman–Crippen MR) is 189 cm³/mol. The number of aromatic carboxylic acids is 1. The fraction of sp³-hybridized carbons (Fsp3) is 0.425. The molecule has 1 aliphatic carbocycles. The maximum Gasteiger partial charge on any atom is 0.335 e. The first kappa shape index (κ1) is 37.8. The van der Waals surface area contributed by atoms with Crippen molar-refractivity contribution in [1.82, 2.24) is 0 Å². The molecule has 2 aromatic rings. The van der Waals surface area contributed by atoms with Crippen LogP contribution in [0.4, 0.5) is 0 Å². The van der Waals surface area contributed by atoms with E-state index in [4.69, 9.17) is 28.4 Å². The van der Waals surface area contributed by atoms with Crippen LogP contribution in [0.15, 0.2) is 78.5 Å². The fourth-order valence-corrected chi connectivity index (χ4v) is 5.67. The summed E-state index contributed by atoms with van der Waals surface area (Å²) >= 11 is 0. The van der Waals surface area contributed by atoms with E-state index in [2.05, 4.69) is 12.1 Å². The normalized spacial score (nSPS) is 13.6. The van der Waals surface area contributed by atoms with Gasteiger partial charge in [-0.2, -0.15) is 0 Å². The second kappa shape index (κ2) is 20.5. The average Bonchev–Trinajstić information content (AvgIpc) is 3.13. The highest BCUT2D eigenvalue weighted by atomic mass is 16.5. The Kier molecular flexibility index (Phi) is 15.5. The monoisotopic (exact) mass is 688 g/mol. The molecule has 2 aliphatic rings. The van der Waals surface area contributed by atoms with Crippen molar-refractivity contribution < 1.29 is 47.9 Å². The van der Waals surface area contributed by atoms with Gasteiger partial charge in [0.1, 0.15) is 24.0 Å². The summed E-state index contributed by atoms with van der Waals surface area (Å²) < 4.78 is 33.9. The molecule has 0 radical (unpaired) electrons. The van der Waals surface area contributed by atoms with E-state index < -0.39 is 5.97 Å². The molecule has 1 N–H and O–H groups in total. The molecular weight excluding hydrogens is 640 g/mol. The summed E-state index contributed by atoms with van der Waals surface area (Å²) in [7, 11) is 0. The van der Waals surface area contributed by atoms with Gasteiger partial charge in [-0.15, -0.1) is 0 Å². The van der Waals surface area contributed by atoms with Crippen molar-refractivity contribution in [2.24, 2.45) is 0 Å². The summed E-state index contributed by atoms with van der Waals surface area (Å²) in [6, 6.07) is 10.8. The van der Waals surface area contributed by atoms with Crippen molar-refractivity contribution in [2.75, 3.05) is 26.4 Å². The molecule has 4 rings (SSSR count). The number of carboxylic acids is 1. The zero-order valence-corrected chi connectivity index (χ0v) is 29.1. The van der Waals surface area contributed by atoms with Crippen LogP contribution in [0.3, 0.4) is 0 Å². The first-order chi connectivity index (χ1) is 24.4. The Labute approximate surface area is 294 Å². The number of unbranched alkanes of at least 4 members (excludes halogenated alkanes) is 3. The lowest BCUT2D eigenvalue weighted by Crippen LogP contribution is -2.10. The molecular formula is C40H48O10. The Balaban J connectivity index is 1.27. The molecule has 0 saturated heterocycles. The van der Waals surface area contributed by atoms with Crippen LogP contribution in [0, 0.1) is 0 Å². The molecule has 1 aliphatic heterocycles. The van der Waals surface area contributed by atoms with Crippen molar-refractivity contribution in [3.63, 3.8) is 0 Å². The number of allylic oxidation sites excluding steroid dienone is 4. The molecule has 0 spiro atoms. The SMILES string of the molecule is CCOC(=O)CCCOc1cccc(CCCCCCOc2cc(C(=O)O)cc(C3=COC=C(C4=CC=CCC4)O3)c2)c1CCC(=O)OCC. The van der Waals surface area contributed by atoms with Crippen LogP contribution in [0.1, 0.15) is 98.7 Å². The van der Waals surface area contributed by atoms with Gasteiger partial charge < -0.3 is 33.5 Å². The summed E-state index contributed by atoms with van der Waals surface area (Å²) in [5, 5.41) is 9.74. The first-order valence-electron chi connectivity index (χ1n) is 17.5. The number of carbonyl (C=O) groups is 3. The highest BCUT2D eigenvalue weighted by Crippen LogP contribution is 2.33. The quantitative estimate of drug-likeness (QED) is 0.101. The van der Waals surface area contributed by atoms with Gasteiger partial charge in [-0.1, -0.05) is 43.2 Å². The van der Waals surface area contributed by atoms with Crippen LogP contribution in [0.5, 0.6) is 11.5 Å². The topological polar surface area (TPSA) is 127 Å². The van der Waals surface area contributed by atoms with Gasteiger partial charge in [0.2, 0.25) is 0 Å². The lowest BCUT2D eigenvalue weighted by molar-refractivity contribution is -0.144. The molecule has 0 atom stereocenters. The van der Waals surface area contributed by atoms with Crippen LogP contribution >= 0.6 is 0 Å². The molecule has 0 bridgehead atoms. The smallest absolute Gasteiger partial charge is 0.335 e. The van der Waals surface area contributed by atoms with Crippen LogP contribution in [-0.2, 0) is 41.4 Å². The van der Waals surface area contributed by atoms with Crippen molar-refractivity contribution in [2.45, 2.75) is 84.5 Å². The largest absolute Gasteiger partial charge is 0.494 e. The van der Waals surface area contributed by atoms with E-state index in [1.165, 1.54) is 12.3 Å². The van der Waals surface area contributed by atoms with Crippen LogP contribution < -0.4 is 9.47 Å². The Morgan fingerprint density at radius 1 is 0.820 bits per heavy atom. The van der Waals surface area contributed by atoms with E-state index in [9.17, 15) is 19.5 Å². The van der Waals surface area contributed by atoms with Crippen molar-refractivity contribution in [3.8, 4) is 11.5 Å². The number of benzene rings is 2. The zero-order valence-electron chi connectivity index (χ0n) is 29.1. The number of esters is 2. The second-order valence-electron chi connectivity index (χ2n) is 11.9. The fourth-order valence-electron chi connectivity index (χ4n) is 5.67. The van der Waals surface area contributed by atoms with Gasteiger partial charge in [-0.25, -0.2) is 4.79 Å². The minimum absolute atomic E-state index is 0.0990. The number of aryl methyl sites for hydroxylation is 1. The summed E-state index contributed by atoms with van der Waals surface area (Å²) in [4.78, 5) is 35.7. The van der Waals surface area contributed by atoms with Crippen molar-refractivity contribution in [3.05, 3.63) is 101 Å². The summed E-state index contributed by atoms with van der Waals surface area (Å²) in [5.41, 5.74) is 3.79. The van der Waals surface area contributed by atoms with Gasteiger partial charge in [-0.05, 0) is 99.8 Å². The van der Waals surface area contributed by atoms with Crippen molar-refractivity contribution in [1.29, 1.82) is 0 Å². The molecule has 268 valence electrons. The van der Waals surface area contributed by atoms with Crippen LogP contribution in [0.25, 0.3) is 5.76 Å². The molecule has 0 amide bonds. The zero-order chi connectivity index (χ0) is 35.6. The van der Waals surface area contributed by atoms with Gasteiger partial charge in [0, 0.05) is 18.4 Å². The molecule has 0 saturated carbocycles. The minimum Gasteiger partial charge on any atom is -0.494 e. The predicted octanol–water partition coefficient (Wildman–Crippen LogP) is 8.25. The van der Waals surface area contributed by atoms with E-state index in [-0.39, 0.29) is 30.3 Å². The van der Waals surface area contributed by atoms with Crippen LogP contribution in [-0.4, -0.2) is 49.4 Å². The van der Waals surface area contributed by atoms with E-state index >= 15 is 0 Å². The van der Waals surface area contributed by atoms with E-state index in [0.29, 0.717) is 62.1 Å². The number of rotatable bonds is 21. The standard InChI is InChI=1S/C40H48O10/c1-3-46-38(41)19-13-23-49-35-18-12-17-29(34(35)20-21-39(42)47-4-2)14-8-5-6-11-22-48-33-25-31(24-32(26-33)40(43)44)37-28-45-27-36(50-37)30-15-9-7-10-16-30/h7,9,12,15,17-18,24-28H,3-6,8,10-11,13-14,16,19-23H2,1-2H3,(H,43,44). The summed E-state index contributed by atoms with van der Waals surface area (Å²) in [5.74, 6) is 0.650. The molecule has 0 aromatic heterocycles. The number of hydrogen-bond acceptors (Lipinski definition) is 9. The van der Waals surface area contributed by atoms with E-state index in [1.807, 2.05) is 24.3 Å². The third-order valence-electron chi connectivity index (χ3n) is 8.15. The molecule has 1 heterocycles. The lowest BCUT2D eigenvalue weighted by atomic mass is 9.96. The molecule has 10 nitrogen and oxygen atoms in total. The summed E-state index contributed by atoms with van der Waals surface area (Å²) in [6.45, 7) is 5.08. The Morgan fingerprint density at radius 3 is 2.34 bits per heavy atom. The highest BCUT2D eigenvalue weighted by molar-refractivity contribution is 5.89.